The Kier molecular flexibility index (Phi) is 7.11. The molecule has 0 aliphatic rings. The Balaban J connectivity index is 1.11. The van der Waals surface area contributed by atoms with E-state index in [9.17, 15) is 0 Å². The van der Waals surface area contributed by atoms with Crippen molar-refractivity contribution in [2.75, 3.05) is 4.90 Å². The molecule has 0 saturated heterocycles. The van der Waals surface area contributed by atoms with E-state index in [2.05, 4.69) is 205 Å². The van der Waals surface area contributed by atoms with Crippen molar-refractivity contribution in [3.8, 4) is 22.3 Å². The molecule has 2 heteroatoms. The van der Waals surface area contributed by atoms with E-state index in [0.717, 1.165) is 11.4 Å². The van der Waals surface area contributed by atoms with Crippen LogP contribution in [0.3, 0.4) is 0 Å². The fourth-order valence-electron chi connectivity index (χ4n) is 8.51. The molecule has 1 heterocycles. The molecule has 54 heavy (non-hydrogen) atoms. The van der Waals surface area contributed by atoms with E-state index in [1.165, 1.54) is 91.2 Å². The average molecular weight is 704 g/mol. The van der Waals surface area contributed by atoms with Gasteiger partial charge in [-0.2, -0.15) is 0 Å². The molecule has 0 aliphatic carbocycles. The number of para-hydroxylation sites is 1. The highest BCUT2D eigenvalue weighted by molar-refractivity contribution is 7.26. The lowest BCUT2D eigenvalue weighted by molar-refractivity contribution is 1.30. The Labute approximate surface area is 317 Å². The maximum Gasteiger partial charge on any atom is 0.0555 e. The number of fused-ring (bicyclic) bond motifs is 9. The summed E-state index contributed by atoms with van der Waals surface area (Å²) in [6.07, 6.45) is 0. The van der Waals surface area contributed by atoms with Crippen molar-refractivity contribution in [2.24, 2.45) is 0 Å². The first-order valence-corrected chi connectivity index (χ1v) is 19.3. The summed E-state index contributed by atoms with van der Waals surface area (Å²) < 4.78 is 2.59. The van der Waals surface area contributed by atoms with Gasteiger partial charge in [0.1, 0.15) is 0 Å². The minimum Gasteiger partial charge on any atom is -0.309 e. The van der Waals surface area contributed by atoms with Gasteiger partial charge in [-0.25, -0.2) is 0 Å². The monoisotopic (exact) mass is 703 g/mol. The number of thiophene rings is 1. The summed E-state index contributed by atoms with van der Waals surface area (Å²) in [5, 5.41) is 12.7. The maximum atomic E-state index is 2.47. The summed E-state index contributed by atoms with van der Waals surface area (Å²) in [5.41, 5.74) is 8.27. The van der Waals surface area contributed by atoms with E-state index in [-0.39, 0.29) is 0 Å². The standard InChI is InChI=1S/C52H33NS/c1-3-14-41-35(11-1)13-9-18-43(41)44-16-5-7-19-47(44)53(48-20-10-22-50-52(48)45-17-6-8-21-49(45)54-50)40-31-29-34(30-32-40)39-28-25-37-24-27-38-26-23-36-12-2-4-15-42(36)51(38)46(37)33-39/h1-33H. The van der Waals surface area contributed by atoms with Crippen molar-refractivity contribution in [2.45, 2.75) is 0 Å². The zero-order valence-electron chi connectivity index (χ0n) is 29.4. The van der Waals surface area contributed by atoms with E-state index in [1.54, 1.807) is 0 Å². The molecule has 1 aromatic heterocycles. The van der Waals surface area contributed by atoms with E-state index >= 15 is 0 Å². The Morgan fingerprint density at radius 1 is 0.315 bits per heavy atom. The molecule has 10 aromatic carbocycles. The third-order valence-corrected chi connectivity index (χ3v) is 12.2. The largest absolute Gasteiger partial charge is 0.309 e. The van der Waals surface area contributed by atoms with Crippen LogP contribution in [0.5, 0.6) is 0 Å². The van der Waals surface area contributed by atoms with Crippen LogP contribution in [0.25, 0.3) is 85.5 Å². The van der Waals surface area contributed by atoms with E-state index < -0.39 is 0 Å². The number of hydrogen-bond acceptors (Lipinski definition) is 2. The summed E-state index contributed by atoms with van der Waals surface area (Å²) in [6.45, 7) is 0. The predicted octanol–water partition coefficient (Wildman–Crippen LogP) is 15.5. The quantitative estimate of drug-likeness (QED) is 0.161. The van der Waals surface area contributed by atoms with Gasteiger partial charge in [0.05, 0.1) is 11.4 Å². The molecule has 0 unspecified atom stereocenters. The van der Waals surface area contributed by atoms with Crippen LogP contribution in [0.4, 0.5) is 17.1 Å². The van der Waals surface area contributed by atoms with Gasteiger partial charge >= 0.3 is 0 Å². The molecule has 0 N–H and O–H groups in total. The van der Waals surface area contributed by atoms with Crippen LogP contribution >= 0.6 is 11.3 Å². The lowest BCUT2D eigenvalue weighted by atomic mass is 9.93. The third kappa shape index (κ3) is 4.92. The summed E-state index contributed by atoms with van der Waals surface area (Å²) >= 11 is 1.86. The second kappa shape index (κ2) is 12.4. The van der Waals surface area contributed by atoms with Gasteiger partial charge in [-0.3, -0.25) is 0 Å². The molecule has 0 fully saturated rings. The first kappa shape index (κ1) is 30.8. The Hall–Kier alpha value is -6.74. The normalized spacial score (nSPS) is 11.7. The van der Waals surface area contributed by atoms with Gasteiger partial charge in [-0.1, -0.05) is 158 Å². The molecule has 0 amide bonds. The van der Waals surface area contributed by atoms with Gasteiger partial charge in [0.25, 0.3) is 0 Å². The van der Waals surface area contributed by atoms with Gasteiger partial charge in [0, 0.05) is 31.4 Å². The van der Waals surface area contributed by atoms with Crippen LogP contribution in [0.15, 0.2) is 200 Å². The molecule has 0 bridgehead atoms. The Morgan fingerprint density at radius 3 is 1.72 bits per heavy atom. The number of anilines is 3. The molecular formula is C52H33NS. The van der Waals surface area contributed by atoms with Crippen LogP contribution in [0, 0.1) is 0 Å². The minimum absolute atomic E-state index is 1.12. The molecule has 0 saturated carbocycles. The minimum atomic E-state index is 1.12. The van der Waals surface area contributed by atoms with Crippen molar-refractivity contribution in [1.82, 2.24) is 0 Å². The highest BCUT2D eigenvalue weighted by Crippen LogP contribution is 2.48. The van der Waals surface area contributed by atoms with Gasteiger partial charge in [-0.05, 0) is 102 Å². The first-order chi connectivity index (χ1) is 26.8. The van der Waals surface area contributed by atoms with Crippen molar-refractivity contribution >= 4 is 91.7 Å². The molecule has 0 radical (unpaired) electrons. The number of nitrogens with zero attached hydrogens (tertiary/aromatic N) is 1. The second-order valence-electron chi connectivity index (χ2n) is 14.1. The maximum absolute atomic E-state index is 2.47. The smallest absolute Gasteiger partial charge is 0.0555 e. The Morgan fingerprint density at radius 2 is 0.870 bits per heavy atom. The van der Waals surface area contributed by atoms with Crippen LogP contribution in [-0.4, -0.2) is 0 Å². The molecule has 0 aliphatic heterocycles. The molecule has 11 rings (SSSR count). The van der Waals surface area contributed by atoms with Gasteiger partial charge in [-0.15, -0.1) is 11.3 Å². The molecular weight excluding hydrogens is 671 g/mol. The summed E-state index contributed by atoms with van der Waals surface area (Å²) in [6, 6.07) is 73.6. The predicted molar refractivity (Wildman–Crippen MR) is 235 cm³/mol. The lowest BCUT2D eigenvalue weighted by Crippen LogP contribution is -2.11. The molecule has 1 nitrogen and oxygen atoms in total. The van der Waals surface area contributed by atoms with Crippen molar-refractivity contribution in [3.63, 3.8) is 0 Å². The molecule has 252 valence electrons. The number of hydrogen-bond donors (Lipinski definition) is 0. The third-order valence-electron chi connectivity index (χ3n) is 11.0. The number of benzene rings is 10. The molecule has 11 aromatic rings. The zero-order chi connectivity index (χ0) is 35.6. The fraction of sp³-hybridized carbons (Fsp3) is 0. The van der Waals surface area contributed by atoms with Crippen LogP contribution in [0.2, 0.25) is 0 Å². The van der Waals surface area contributed by atoms with Crippen LogP contribution < -0.4 is 4.90 Å². The van der Waals surface area contributed by atoms with Crippen LogP contribution in [-0.2, 0) is 0 Å². The average Bonchev–Trinajstić information content (AvgIpc) is 3.63. The summed E-state index contributed by atoms with van der Waals surface area (Å²) in [7, 11) is 0. The molecule has 0 spiro atoms. The second-order valence-corrected chi connectivity index (χ2v) is 15.1. The number of rotatable bonds is 5. The highest BCUT2D eigenvalue weighted by Gasteiger charge is 2.22. The van der Waals surface area contributed by atoms with Gasteiger partial charge in [0.2, 0.25) is 0 Å². The van der Waals surface area contributed by atoms with Crippen molar-refractivity contribution < 1.29 is 0 Å². The van der Waals surface area contributed by atoms with E-state index in [4.69, 9.17) is 0 Å². The van der Waals surface area contributed by atoms with E-state index in [1.807, 2.05) is 11.3 Å². The van der Waals surface area contributed by atoms with Crippen LogP contribution in [0.1, 0.15) is 0 Å². The first-order valence-electron chi connectivity index (χ1n) is 18.5. The SMILES string of the molecule is c1ccc(N(c2ccc(-c3ccc4ccc5ccc6ccccc6c5c4c3)cc2)c2cccc3sc4ccccc4c23)c(-c2cccc3ccccc23)c1. The summed E-state index contributed by atoms with van der Waals surface area (Å²) in [5.74, 6) is 0. The van der Waals surface area contributed by atoms with Gasteiger partial charge < -0.3 is 4.90 Å². The molecule has 0 atom stereocenters. The topological polar surface area (TPSA) is 3.24 Å². The van der Waals surface area contributed by atoms with E-state index in [0.29, 0.717) is 0 Å². The fourth-order valence-corrected chi connectivity index (χ4v) is 9.64. The lowest BCUT2D eigenvalue weighted by Gasteiger charge is -2.29. The summed E-state index contributed by atoms with van der Waals surface area (Å²) in [4.78, 5) is 2.47. The van der Waals surface area contributed by atoms with Crippen molar-refractivity contribution in [3.05, 3.63) is 200 Å². The van der Waals surface area contributed by atoms with Crippen molar-refractivity contribution in [1.29, 1.82) is 0 Å². The zero-order valence-corrected chi connectivity index (χ0v) is 30.2. The van der Waals surface area contributed by atoms with Gasteiger partial charge in [0.15, 0.2) is 0 Å². The highest BCUT2D eigenvalue weighted by atomic mass is 32.1. The Bertz CT molecular complexity index is 3220.